The van der Waals surface area contributed by atoms with Crippen molar-refractivity contribution in [1.29, 1.82) is 0 Å². The van der Waals surface area contributed by atoms with Crippen molar-refractivity contribution < 1.29 is 14.4 Å². The molecule has 4 rings (SSSR count). The molecule has 0 fully saturated rings. The van der Waals surface area contributed by atoms with Gasteiger partial charge < -0.3 is 15.4 Å². The standard InChI is InChI=1S/C25H28N8O3/c1-6-36-32-25(34)22-19(10-11-26-24(22)31-21-12-15(2)28-16(3)29-21)30-20-9-7-8-18(23(20)35-5)17-13-27-33(4)14-17/h7-14H,6H2,1-5H3,(H,32,34)(H2,26,28,29,30,31). The Morgan fingerprint density at radius 1 is 1.11 bits per heavy atom. The van der Waals surface area contributed by atoms with Gasteiger partial charge >= 0.3 is 0 Å². The number of anilines is 4. The summed E-state index contributed by atoms with van der Waals surface area (Å²) in [7, 11) is 3.45. The Morgan fingerprint density at radius 3 is 2.64 bits per heavy atom. The molecule has 0 atom stereocenters. The maximum Gasteiger partial charge on any atom is 0.280 e. The number of carbonyl (C=O) groups excluding carboxylic acids is 1. The van der Waals surface area contributed by atoms with Crippen molar-refractivity contribution in [3.8, 4) is 16.9 Å². The number of hydroxylamine groups is 1. The molecule has 0 unspecified atom stereocenters. The van der Waals surface area contributed by atoms with Gasteiger partial charge in [-0.25, -0.2) is 20.4 Å². The number of aryl methyl sites for hydroxylation is 3. The minimum atomic E-state index is -0.472. The van der Waals surface area contributed by atoms with Crippen molar-refractivity contribution in [3.63, 3.8) is 0 Å². The van der Waals surface area contributed by atoms with E-state index in [1.165, 1.54) is 0 Å². The molecule has 1 amide bonds. The smallest absolute Gasteiger partial charge is 0.280 e. The van der Waals surface area contributed by atoms with Crippen LogP contribution >= 0.6 is 0 Å². The van der Waals surface area contributed by atoms with E-state index in [4.69, 9.17) is 9.57 Å². The van der Waals surface area contributed by atoms with E-state index in [0.717, 1.165) is 16.8 Å². The number of pyridine rings is 1. The molecule has 0 aliphatic rings. The highest BCUT2D eigenvalue weighted by Gasteiger charge is 2.21. The van der Waals surface area contributed by atoms with E-state index in [0.29, 0.717) is 41.2 Å². The maximum absolute atomic E-state index is 13.2. The van der Waals surface area contributed by atoms with E-state index in [1.54, 1.807) is 50.2 Å². The average molecular weight is 489 g/mol. The summed E-state index contributed by atoms with van der Waals surface area (Å²) >= 11 is 0. The van der Waals surface area contributed by atoms with Gasteiger partial charge in [-0.3, -0.25) is 14.3 Å². The molecule has 3 heterocycles. The van der Waals surface area contributed by atoms with Crippen LogP contribution in [0.5, 0.6) is 5.75 Å². The summed E-state index contributed by atoms with van der Waals surface area (Å²) in [4.78, 5) is 31.5. The first-order valence-corrected chi connectivity index (χ1v) is 11.3. The Kier molecular flexibility index (Phi) is 7.40. The molecule has 0 spiro atoms. The molecule has 0 radical (unpaired) electrons. The number of carbonyl (C=O) groups is 1. The number of hydrogen-bond donors (Lipinski definition) is 3. The minimum Gasteiger partial charge on any atom is -0.494 e. The quantitative estimate of drug-likeness (QED) is 0.299. The van der Waals surface area contributed by atoms with Gasteiger partial charge in [0.1, 0.15) is 28.8 Å². The predicted molar refractivity (Wildman–Crippen MR) is 137 cm³/mol. The van der Waals surface area contributed by atoms with Crippen LogP contribution in [-0.2, 0) is 11.9 Å². The van der Waals surface area contributed by atoms with E-state index in [1.807, 2.05) is 38.4 Å². The fourth-order valence-electron chi connectivity index (χ4n) is 3.77. The largest absolute Gasteiger partial charge is 0.494 e. The Bertz CT molecular complexity index is 1370. The summed E-state index contributed by atoms with van der Waals surface area (Å²) < 4.78 is 7.48. The fourth-order valence-corrected chi connectivity index (χ4v) is 3.77. The van der Waals surface area contributed by atoms with Gasteiger partial charge in [0.25, 0.3) is 5.91 Å². The van der Waals surface area contributed by atoms with Crippen molar-refractivity contribution >= 4 is 28.9 Å². The summed E-state index contributed by atoms with van der Waals surface area (Å²) in [5.74, 6) is 1.56. The molecule has 11 heteroatoms. The topological polar surface area (TPSA) is 128 Å². The molecule has 0 saturated heterocycles. The van der Waals surface area contributed by atoms with Gasteiger partial charge in [0.05, 0.1) is 31.3 Å². The lowest BCUT2D eigenvalue weighted by Crippen LogP contribution is -2.26. The van der Waals surface area contributed by atoms with Crippen molar-refractivity contribution in [3.05, 3.63) is 66.0 Å². The van der Waals surface area contributed by atoms with Gasteiger partial charge in [-0.15, -0.1) is 0 Å². The first-order chi connectivity index (χ1) is 17.4. The second-order valence-corrected chi connectivity index (χ2v) is 7.93. The van der Waals surface area contributed by atoms with E-state index >= 15 is 0 Å². The zero-order valence-electron chi connectivity index (χ0n) is 20.8. The summed E-state index contributed by atoms with van der Waals surface area (Å²) in [6, 6.07) is 9.20. The molecule has 0 saturated carbocycles. The maximum atomic E-state index is 13.2. The van der Waals surface area contributed by atoms with Crippen LogP contribution in [0.15, 0.2) is 48.9 Å². The van der Waals surface area contributed by atoms with Crippen LogP contribution in [0.1, 0.15) is 28.8 Å². The van der Waals surface area contributed by atoms with Crippen molar-refractivity contribution in [2.75, 3.05) is 24.4 Å². The molecular weight excluding hydrogens is 460 g/mol. The van der Waals surface area contributed by atoms with E-state index in [2.05, 4.69) is 36.2 Å². The molecule has 3 N–H and O–H groups in total. The number of aromatic nitrogens is 5. The van der Waals surface area contributed by atoms with Crippen LogP contribution in [0.4, 0.5) is 23.0 Å². The Balaban J connectivity index is 1.77. The van der Waals surface area contributed by atoms with Gasteiger partial charge in [0.2, 0.25) is 0 Å². The minimum absolute atomic E-state index is 0.244. The lowest BCUT2D eigenvalue weighted by atomic mass is 10.1. The van der Waals surface area contributed by atoms with E-state index < -0.39 is 5.91 Å². The monoisotopic (exact) mass is 488 g/mol. The van der Waals surface area contributed by atoms with Gasteiger partial charge in [0.15, 0.2) is 0 Å². The zero-order valence-corrected chi connectivity index (χ0v) is 20.8. The summed E-state index contributed by atoms with van der Waals surface area (Å²) in [6.07, 6.45) is 5.27. The SMILES string of the molecule is CCONC(=O)c1c(Nc2cccc(-c3cnn(C)c3)c2OC)ccnc1Nc1cc(C)nc(C)n1. The molecule has 11 nitrogen and oxygen atoms in total. The molecule has 3 aromatic heterocycles. The number of nitrogens with zero attached hydrogens (tertiary/aromatic N) is 5. The number of benzene rings is 1. The van der Waals surface area contributed by atoms with Gasteiger partial charge in [-0.1, -0.05) is 12.1 Å². The second kappa shape index (κ2) is 10.8. The molecule has 0 aliphatic carbocycles. The molecule has 0 aliphatic heterocycles. The molecule has 0 bridgehead atoms. The van der Waals surface area contributed by atoms with Crippen LogP contribution in [0.25, 0.3) is 11.1 Å². The Morgan fingerprint density at radius 2 is 1.94 bits per heavy atom. The van der Waals surface area contributed by atoms with Crippen LogP contribution in [0.2, 0.25) is 0 Å². The lowest BCUT2D eigenvalue weighted by molar-refractivity contribution is 0.0366. The highest BCUT2D eigenvalue weighted by atomic mass is 16.6. The van der Waals surface area contributed by atoms with Crippen LogP contribution in [-0.4, -0.2) is 44.4 Å². The van der Waals surface area contributed by atoms with Crippen LogP contribution < -0.4 is 20.9 Å². The number of nitrogens with one attached hydrogen (secondary N) is 3. The fraction of sp³-hybridized carbons (Fsp3) is 0.240. The highest BCUT2D eigenvalue weighted by molar-refractivity contribution is 6.05. The molecule has 186 valence electrons. The van der Waals surface area contributed by atoms with Gasteiger partial charge in [-0.05, 0) is 32.9 Å². The summed E-state index contributed by atoms with van der Waals surface area (Å²) in [5.41, 5.74) is 6.41. The number of hydrogen-bond acceptors (Lipinski definition) is 9. The van der Waals surface area contributed by atoms with Crippen molar-refractivity contribution in [2.45, 2.75) is 20.8 Å². The number of amides is 1. The lowest BCUT2D eigenvalue weighted by Gasteiger charge is -2.18. The first-order valence-electron chi connectivity index (χ1n) is 11.3. The third-order valence-corrected chi connectivity index (χ3v) is 5.20. The third-order valence-electron chi connectivity index (χ3n) is 5.20. The van der Waals surface area contributed by atoms with Crippen molar-refractivity contribution in [1.82, 2.24) is 30.2 Å². The van der Waals surface area contributed by atoms with E-state index in [-0.39, 0.29) is 5.56 Å². The highest BCUT2D eigenvalue weighted by Crippen LogP contribution is 2.38. The summed E-state index contributed by atoms with van der Waals surface area (Å²) in [5, 5.41) is 10.7. The van der Waals surface area contributed by atoms with Crippen LogP contribution in [0, 0.1) is 13.8 Å². The predicted octanol–water partition coefficient (Wildman–Crippen LogP) is 4.07. The molecule has 4 aromatic rings. The van der Waals surface area contributed by atoms with Gasteiger partial charge in [-0.2, -0.15) is 5.10 Å². The number of methoxy groups -OCH3 is 1. The zero-order chi connectivity index (χ0) is 25.7. The number of ether oxygens (including phenoxy) is 1. The van der Waals surface area contributed by atoms with E-state index in [9.17, 15) is 4.79 Å². The molecular formula is C25H28N8O3. The van der Waals surface area contributed by atoms with Gasteiger partial charge in [0, 0.05) is 42.3 Å². The van der Waals surface area contributed by atoms with Crippen molar-refractivity contribution in [2.24, 2.45) is 7.05 Å². The number of rotatable bonds is 9. The Hall–Kier alpha value is -4.51. The number of para-hydroxylation sites is 1. The average Bonchev–Trinajstić information content (AvgIpc) is 3.28. The normalized spacial score (nSPS) is 10.7. The second-order valence-electron chi connectivity index (χ2n) is 7.93. The molecule has 36 heavy (non-hydrogen) atoms. The summed E-state index contributed by atoms with van der Waals surface area (Å²) in [6.45, 7) is 5.76. The van der Waals surface area contributed by atoms with Crippen LogP contribution in [0.3, 0.4) is 0 Å². The Labute approximate surface area is 208 Å². The first kappa shape index (κ1) is 24.6. The molecule has 1 aromatic carbocycles. The third kappa shape index (κ3) is 5.41.